The molecule has 0 fully saturated rings. The number of hydrogen-bond acceptors (Lipinski definition) is 8. The minimum Gasteiger partial charge on any atom is -0.308 e. The summed E-state index contributed by atoms with van der Waals surface area (Å²) in [7, 11) is 0. The number of rotatable bonds is 9. The van der Waals surface area contributed by atoms with E-state index in [4.69, 9.17) is 11.5 Å². The number of nitrogens with one attached hydrogen (secondary N) is 1. The Hall–Kier alpha value is -2.94. The normalized spacial score (nSPS) is 12.2. The predicted octanol–water partition coefficient (Wildman–Crippen LogP) is 3.06. The Balaban J connectivity index is 2.36. The molecule has 0 amide bonds. The lowest BCUT2D eigenvalue weighted by Gasteiger charge is -2.26. The van der Waals surface area contributed by atoms with E-state index in [0.29, 0.717) is 18.1 Å². The van der Waals surface area contributed by atoms with Crippen molar-refractivity contribution in [2.45, 2.75) is 32.4 Å². The van der Waals surface area contributed by atoms with Gasteiger partial charge in [-0.3, -0.25) is 10.6 Å². The van der Waals surface area contributed by atoms with Gasteiger partial charge in [0.25, 0.3) is 0 Å². The van der Waals surface area contributed by atoms with E-state index in [1.54, 1.807) is 23.2 Å². The number of nitrogens with two attached hydrogens (primary N) is 1. The van der Waals surface area contributed by atoms with Gasteiger partial charge in [-0.1, -0.05) is 32.4 Å². The Morgan fingerprint density at radius 3 is 2.92 bits per heavy atom. The molecule has 2 aromatic heterocycles. The minimum absolute atomic E-state index is 0.162. The van der Waals surface area contributed by atoms with Crippen LogP contribution in [-0.4, -0.2) is 32.6 Å². The Morgan fingerprint density at radius 1 is 1.36 bits per heavy atom. The Labute approximate surface area is 146 Å². The van der Waals surface area contributed by atoms with Crippen molar-refractivity contribution in [3.05, 3.63) is 37.3 Å². The molecular weight excluding hydrogens is 318 g/mol. The molecular formula is C16H22N9. The zero-order valence-corrected chi connectivity index (χ0v) is 14.2. The van der Waals surface area contributed by atoms with E-state index in [1.165, 1.54) is 12.4 Å². The summed E-state index contributed by atoms with van der Waals surface area (Å²) in [5.74, 6) is 0.484. The lowest BCUT2D eigenvalue weighted by Crippen LogP contribution is -2.38. The first-order valence-corrected chi connectivity index (χ1v) is 8.08. The van der Waals surface area contributed by atoms with Crippen molar-refractivity contribution >= 4 is 23.4 Å². The third kappa shape index (κ3) is 5.01. The molecule has 1 atom stereocenters. The maximum atomic E-state index is 7.60. The summed E-state index contributed by atoms with van der Waals surface area (Å²) in [4.78, 5) is 17.7. The van der Waals surface area contributed by atoms with E-state index in [-0.39, 0.29) is 11.9 Å². The zero-order chi connectivity index (χ0) is 18.1. The number of azo groups is 1. The van der Waals surface area contributed by atoms with Gasteiger partial charge in [-0.05, 0) is 18.6 Å². The average molecular weight is 340 g/mol. The second-order valence-corrected chi connectivity index (χ2v) is 5.22. The first-order chi connectivity index (χ1) is 12.2. The van der Waals surface area contributed by atoms with Gasteiger partial charge in [-0.2, -0.15) is 20.2 Å². The van der Waals surface area contributed by atoms with Crippen LogP contribution in [0.15, 0.2) is 47.5 Å². The van der Waals surface area contributed by atoms with Gasteiger partial charge < -0.3 is 5.73 Å². The van der Waals surface area contributed by atoms with Crippen LogP contribution in [0, 0.1) is 0 Å². The summed E-state index contributed by atoms with van der Waals surface area (Å²) in [6.45, 7) is 6.50. The fraction of sp³-hybridized carbons (Fsp3) is 0.375. The standard InChI is InChI=1S/C16H22N9/c1-3-5-6-10-22-24-12-8-7-9-19-14(12)25(13(17)4-2)16-21-11-20-15(18)23-16/h4,7-9,11,13,18H,2-3,5-6,10,17H2,1H3/b24-22+. The third-order valence-corrected chi connectivity index (χ3v) is 3.35. The van der Waals surface area contributed by atoms with Crippen molar-refractivity contribution in [2.75, 3.05) is 11.4 Å². The molecule has 9 heteroatoms. The largest absolute Gasteiger partial charge is 0.308 e. The molecule has 0 saturated carbocycles. The van der Waals surface area contributed by atoms with E-state index in [0.717, 1.165) is 19.3 Å². The van der Waals surface area contributed by atoms with Gasteiger partial charge in [0.15, 0.2) is 5.82 Å². The maximum absolute atomic E-state index is 7.60. The molecule has 0 aromatic carbocycles. The van der Waals surface area contributed by atoms with Crippen LogP contribution in [0.4, 0.5) is 23.4 Å². The summed E-state index contributed by atoms with van der Waals surface area (Å²) in [6, 6.07) is 3.56. The molecule has 1 unspecified atom stereocenters. The molecule has 0 spiro atoms. The average Bonchev–Trinajstić information content (AvgIpc) is 2.63. The smallest absolute Gasteiger partial charge is 0.246 e. The minimum atomic E-state index is -0.647. The van der Waals surface area contributed by atoms with E-state index in [1.807, 2.05) is 0 Å². The van der Waals surface area contributed by atoms with Gasteiger partial charge in [0.05, 0.1) is 6.54 Å². The molecule has 2 aromatic rings. The topological polar surface area (TPSA) is 129 Å². The van der Waals surface area contributed by atoms with E-state index < -0.39 is 6.17 Å². The van der Waals surface area contributed by atoms with Crippen LogP contribution in [0.2, 0.25) is 0 Å². The van der Waals surface area contributed by atoms with E-state index in [9.17, 15) is 0 Å². The van der Waals surface area contributed by atoms with Crippen molar-refractivity contribution in [1.29, 1.82) is 0 Å². The van der Waals surface area contributed by atoms with Gasteiger partial charge in [0, 0.05) is 6.20 Å². The van der Waals surface area contributed by atoms with Crippen LogP contribution in [0.3, 0.4) is 0 Å². The van der Waals surface area contributed by atoms with Crippen LogP contribution in [0.1, 0.15) is 26.2 Å². The molecule has 9 nitrogen and oxygen atoms in total. The summed E-state index contributed by atoms with van der Waals surface area (Å²) in [6.07, 6.45) is 6.99. The molecule has 0 aliphatic carbocycles. The zero-order valence-electron chi connectivity index (χ0n) is 14.2. The number of hydrogen-bond donors (Lipinski definition) is 1. The number of unbranched alkanes of at least 4 members (excludes halogenated alkanes) is 2. The van der Waals surface area contributed by atoms with Gasteiger partial charge in [0.2, 0.25) is 11.9 Å². The third-order valence-electron chi connectivity index (χ3n) is 3.35. The molecule has 3 N–H and O–H groups in total. The maximum Gasteiger partial charge on any atom is 0.246 e. The quantitative estimate of drug-likeness (QED) is 0.323. The van der Waals surface area contributed by atoms with E-state index >= 15 is 0 Å². The highest BCUT2D eigenvalue weighted by Crippen LogP contribution is 2.31. The predicted molar refractivity (Wildman–Crippen MR) is 96.0 cm³/mol. The Bertz CT molecular complexity index is 716. The van der Waals surface area contributed by atoms with Crippen molar-refractivity contribution < 1.29 is 0 Å². The van der Waals surface area contributed by atoms with Gasteiger partial charge in [-0.15, -0.1) is 0 Å². The van der Waals surface area contributed by atoms with Crippen LogP contribution >= 0.6 is 0 Å². The van der Waals surface area contributed by atoms with Crippen LogP contribution in [0.25, 0.3) is 0 Å². The van der Waals surface area contributed by atoms with Crippen molar-refractivity contribution in [2.24, 2.45) is 16.0 Å². The highest BCUT2D eigenvalue weighted by Gasteiger charge is 2.22. The highest BCUT2D eigenvalue weighted by atomic mass is 15.4. The number of pyridine rings is 1. The fourth-order valence-electron chi connectivity index (χ4n) is 2.09. The SMILES string of the molecule is C=CC(N)N(c1ncnc([NH])n1)c1ncccc1/N=N/CCCCC. The van der Waals surface area contributed by atoms with Crippen LogP contribution in [-0.2, 0) is 0 Å². The Kier molecular flexibility index (Phi) is 6.90. The number of aromatic nitrogens is 4. The monoisotopic (exact) mass is 340 g/mol. The summed E-state index contributed by atoms with van der Waals surface area (Å²) < 4.78 is 0. The van der Waals surface area contributed by atoms with E-state index in [2.05, 4.69) is 43.7 Å². The summed E-state index contributed by atoms with van der Waals surface area (Å²) >= 11 is 0. The molecule has 0 saturated heterocycles. The summed E-state index contributed by atoms with van der Waals surface area (Å²) in [5.41, 5.74) is 14.3. The van der Waals surface area contributed by atoms with Gasteiger partial charge in [0.1, 0.15) is 18.2 Å². The van der Waals surface area contributed by atoms with Crippen LogP contribution < -0.4 is 16.4 Å². The van der Waals surface area contributed by atoms with Gasteiger partial charge >= 0.3 is 0 Å². The second kappa shape index (κ2) is 9.38. The van der Waals surface area contributed by atoms with Crippen molar-refractivity contribution in [3.8, 4) is 0 Å². The first kappa shape index (κ1) is 18.4. The Morgan fingerprint density at radius 2 is 2.20 bits per heavy atom. The fourth-order valence-corrected chi connectivity index (χ4v) is 2.09. The summed E-state index contributed by atoms with van der Waals surface area (Å²) in [5, 5.41) is 8.50. The molecule has 1 radical (unpaired) electrons. The van der Waals surface area contributed by atoms with Crippen molar-refractivity contribution in [1.82, 2.24) is 25.7 Å². The molecule has 2 rings (SSSR count). The lowest BCUT2D eigenvalue weighted by atomic mass is 10.3. The molecule has 0 aliphatic rings. The van der Waals surface area contributed by atoms with Crippen LogP contribution in [0.5, 0.6) is 0 Å². The highest BCUT2D eigenvalue weighted by molar-refractivity contribution is 5.68. The second-order valence-electron chi connectivity index (χ2n) is 5.22. The molecule has 25 heavy (non-hydrogen) atoms. The first-order valence-electron chi connectivity index (χ1n) is 8.08. The lowest BCUT2D eigenvalue weighted by molar-refractivity contribution is 0.712. The van der Waals surface area contributed by atoms with Gasteiger partial charge in [-0.25, -0.2) is 9.97 Å². The van der Waals surface area contributed by atoms with Crippen molar-refractivity contribution in [3.63, 3.8) is 0 Å². The number of nitrogens with zero attached hydrogens (tertiary/aromatic N) is 7. The number of anilines is 2. The molecule has 0 aliphatic heterocycles. The molecule has 0 bridgehead atoms. The molecule has 2 heterocycles. The molecule has 131 valence electrons.